The molecule has 1 fully saturated rings. The molecule has 1 aromatic carbocycles. The van der Waals surface area contributed by atoms with Crippen LogP contribution < -0.4 is 5.32 Å². The molecule has 0 radical (unpaired) electrons. The minimum absolute atomic E-state index is 0.0327. The molecule has 7 nitrogen and oxygen atoms in total. The molecule has 1 aromatic heterocycles. The first-order valence-electron chi connectivity index (χ1n) is 8.92. The van der Waals surface area contributed by atoms with E-state index in [1.165, 1.54) is 0 Å². The van der Waals surface area contributed by atoms with Crippen molar-refractivity contribution in [3.63, 3.8) is 0 Å². The molecule has 144 valence electrons. The summed E-state index contributed by atoms with van der Waals surface area (Å²) >= 11 is 1.61. The average molecular weight is 388 g/mol. The summed E-state index contributed by atoms with van der Waals surface area (Å²) in [7, 11) is 1.72. The summed E-state index contributed by atoms with van der Waals surface area (Å²) < 4.78 is 5.36. The first-order chi connectivity index (χ1) is 13.1. The normalized spacial score (nSPS) is 14.7. The summed E-state index contributed by atoms with van der Waals surface area (Å²) in [4.78, 5) is 32.8. The number of carbonyl (C=O) groups is 2. The molecule has 2 aromatic rings. The van der Waals surface area contributed by atoms with Gasteiger partial charge in [0.15, 0.2) is 0 Å². The third-order valence-electron chi connectivity index (χ3n) is 4.32. The lowest BCUT2D eigenvalue weighted by molar-refractivity contribution is -0.129. The Balaban J connectivity index is 1.44. The van der Waals surface area contributed by atoms with Crippen LogP contribution in [0.25, 0.3) is 0 Å². The molecule has 1 aliphatic heterocycles. The van der Waals surface area contributed by atoms with Crippen molar-refractivity contribution in [2.24, 2.45) is 0 Å². The number of morpholine rings is 1. The second-order valence-corrected chi connectivity index (χ2v) is 7.36. The highest BCUT2D eigenvalue weighted by Crippen LogP contribution is 2.14. The van der Waals surface area contributed by atoms with Gasteiger partial charge >= 0.3 is 0 Å². The monoisotopic (exact) mass is 388 g/mol. The molecule has 0 atom stereocenters. The second kappa shape index (κ2) is 9.59. The van der Waals surface area contributed by atoms with Crippen molar-refractivity contribution in [1.29, 1.82) is 0 Å². The van der Waals surface area contributed by atoms with Gasteiger partial charge in [0.2, 0.25) is 5.91 Å². The van der Waals surface area contributed by atoms with Gasteiger partial charge in [-0.05, 0) is 12.1 Å². The molecule has 0 saturated carbocycles. The maximum Gasteiger partial charge on any atom is 0.251 e. The van der Waals surface area contributed by atoms with E-state index in [-0.39, 0.29) is 18.4 Å². The van der Waals surface area contributed by atoms with E-state index >= 15 is 0 Å². The first-order valence-corrected chi connectivity index (χ1v) is 9.80. The molecule has 0 bridgehead atoms. The van der Waals surface area contributed by atoms with Gasteiger partial charge in [-0.3, -0.25) is 14.5 Å². The summed E-state index contributed by atoms with van der Waals surface area (Å²) in [6.07, 6.45) is 0. The van der Waals surface area contributed by atoms with E-state index < -0.39 is 0 Å². The standard InChI is InChI=1S/C19H24N4O3S/c1-22(18(24)11-20-19(25)15-5-3-2-4-6-15)12-16-14-27-17(21-16)13-23-7-9-26-10-8-23/h2-6,14H,7-13H2,1H3,(H,20,25). The van der Waals surface area contributed by atoms with Crippen molar-refractivity contribution in [3.05, 3.63) is 52.0 Å². The predicted octanol–water partition coefficient (Wildman–Crippen LogP) is 1.36. The van der Waals surface area contributed by atoms with Crippen LogP contribution in [-0.2, 0) is 22.6 Å². The number of likely N-dealkylation sites (N-methyl/N-ethyl adjacent to an activating group) is 1. The van der Waals surface area contributed by atoms with Crippen LogP contribution in [-0.4, -0.2) is 66.5 Å². The van der Waals surface area contributed by atoms with Gasteiger partial charge in [0.05, 0.1) is 38.5 Å². The lowest BCUT2D eigenvalue weighted by atomic mass is 10.2. The van der Waals surface area contributed by atoms with E-state index in [0.717, 1.165) is 43.5 Å². The van der Waals surface area contributed by atoms with Gasteiger partial charge < -0.3 is 15.0 Å². The lowest BCUT2D eigenvalue weighted by Crippen LogP contribution is -2.37. The van der Waals surface area contributed by atoms with E-state index in [1.54, 1.807) is 47.5 Å². The molecule has 1 saturated heterocycles. The highest BCUT2D eigenvalue weighted by Gasteiger charge is 2.15. The zero-order valence-corrected chi connectivity index (χ0v) is 16.2. The second-order valence-electron chi connectivity index (χ2n) is 6.42. The van der Waals surface area contributed by atoms with Gasteiger partial charge in [0.1, 0.15) is 5.01 Å². The quantitative estimate of drug-likeness (QED) is 0.775. The van der Waals surface area contributed by atoms with Gasteiger partial charge in [0, 0.05) is 31.1 Å². The third kappa shape index (κ3) is 5.85. The number of thiazole rings is 1. The van der Waals surface area contributed by atoms with E-state index in [1.807, 2.05) is 11.4 Å². The summed E-state index contributed by atoms with van der Waals surface area (Å²) in [6.45, 7) is 4.60. The minimum atomic E-state index is -0.251. The van der Waals surface area contributed by atoms with Crippen LogP contribution in [0.5, 0.6) is 0 Å². The Kier molecular flexibility index (Phi) is 6.92. The van der Waals surface area contributed by atoms with Gasteiger partial charge in [-0.2, -0.15) is 0 Å². The number of hydrogen-bond donors (Lipinski definition) is 1. The highest BCUT2D eigenvalue weighted by molar-refractivity contribution is 7.09. The van der Waals surface area contributed by atoms with Crippen LogP contribution in [0.4, 0.5) is 0 Å². The number of nitrogens with one attached hydrogen (secondary N) is 1. The van der Waals surface area contributed by atoms with Crippen molar-refractivity contribution in [1.82, 2.24) is 20.1 Å². The smallest absolute Gasteiger partial charge is 0.251 e. The van der Waals surface area contributed by atoms with Gasteiger partial charge in [-0.15, -0.1) is 11.3 Å². The molecule has 3 rings (SSSR count). The number of rotatable bonds is 7. The maximum absolute atomic E-state index is 12.3. The van der Waals surface area contributed by atoms with Crippen molar-refractivity contribution in [2.45, 2.75) is 13.1 Å². The summed E-state index contributed by atoms with van der Waals surface area (Å²) in [5.74, 6) is -0.402. The van der Waals surface area contributed by atoms with E-state index in [4.69, 9.17) is 4.74 Å². The summed E-state index contributed by atoms with van der Waals surface area (Å²) in [5, 5.41) is 5.69. The molecule has 27 heavy (non-hydrogen) atoms. The zero-order chi connectivity index (χ0) is 19.1. The fraction of sp³-hybridized carbons (Fsp3) is 0.421. The number of hydrogen-bond acceptors (Lipinski definition) is 6. The highest BCUT2D eigenvalue weighted by atomic mass is 32.1. The van der Waals surface area contributed by atoms with Crippen LogP contribution in [0.3, 0.4) is 0 Å². The number of carbonyl (C=O) groups excluding carboxylic acids is 2. The van der Waals surface area contributed by atoms with Gasteiger partial charge in [-0.25, -0.2) is 4.98 Å². The Morgan fingerprint density at radius 2 is 2.00 bits per heavy atom. The maximum atomic E-state index is 12.3. The number of amides is 2. The molecule has 0 aliphatic carbocycles. The molecular weight excluding hydrogens is 364 g/mol. The number of nitrogens with zero attached hydrogens (tertiary/aromatic N) is 3. The van der Waals surface area contributed by atoms with Crippen molar-refractivity contribution >= 4 is 23.2 Å². The van der Waals surface area contributed by atoms with Gasteiger partial charge in [-0.1, -0.05) is 18.2 Å². The van der Waals surface area contributed by atoms with Crippen LogP contribution in [0.2, 0.25) is 0 Å². The third-order valence-corrected chi connectivity index (χ3v) is 5.21. The molecule has 0 unspecified atom stereocenters. The Hall–Kier alpha value is -2.29. The number of aromatic nitrogens is 1. The molecular formula is C19H24N4O3S. The topological polar surface area (TPSA) is 74.8 Å². The number of benzene rings is 1. The SMILES string of the molecule is CN(Cc1csc(CN2CCOCC2)n1)C(=O)CNC(=O)c1ccccc1. The van der Waals surface area contributed by atoms with E-state index in [0.29, 0.717) is 12.1 Å². The van der Waals surface area contributed by atoms with E-state index in [2.05, 4.69) is 15.2 Å². The lowest BCUT2D eigenvalue weighted by Gasteiger charge is -2.25. The summed E-state index contributed by atoms with van der Waals surface area (Å²) in [5.41, 5.74) is 1.41. The number of ether oxygens (including phenoxy) is 1. The van der Waals surface area contributed by atoms with E-state index in [9.17, 15) is 9.59 Å². The Morgan fingerprint density at radius 1 is 1.26 bits per heavy atom. The fourth-order valence-corrected chi connectivity index (χ4v) is 3.58. The molecule has 1 N–H and O–H groups in total. The van der Waals surface area contributed by atoms with Crippen LogP contribution in [0.15, 0.2) is 35.7 Å². The molecule has 8 heteroatoms. The summed E-state index contributed by atoms with van der Waals surface area (Å²) in [6, 6.07) is 8.86. The molecule has 0 spiro atoms. The Morgan fingerprint density at radius 3 is 2.74 bits per heavy atom. The van der Waals surface area contributed by atoms with Crippen LogP contribution >= 0.6 is 11.3 Å². The van der Waals surface area contributed by atoms with Crippen molar-refractivity contribution in [3.8, 4) is 0 Å². The Bertz CT molecular complexity index is 759. The predicted molar refractivity (Wildman–Crippen MR) is 103 cm³/mol. The fourth-order valence-electron chi connectivity index (χ4n) is 2.76. The average Bonchev–Trinajstić information content (AvgIpc) is 3.14. The van der Waals surface area contributed by atoms with Crippen molar-refractivity contribution in [2.75, 3.05) is 39.9 Å². The molecule has 1 aliphatic rings. The van der Waals surface area contributed by atoms with Crippen molar-refractivity contribution < 1.29 is 14.3 Å². The largest absolute Gasteiger partial charge is 0.379 e. The Labute approximate surface area is 162 Å². The van der Waals surface area contributed by atoms with Gasteiger partial charge in [0.25, 0.3) is 5.91 Å². The minimum Gasteiger partial charge on any atom is -0.379 e. The zero-order valence-electron chi connectivity index (χ0n) is 15.4. The molecule has 2 heterocycles. The van der Waals surface area contributed by atoms with Crippen LogP contribution in [0.1, 0.15) is 21.1 Å². The molecule has 2 amide bonds. The first kappa shape index (κ1) is 19.5. The van der Waals surface area contributed by atoms with Crippen LogP contribution in [0, 0.1) is 0 Å².